The predicted molar refractivity (Wildman–Crippen MR) is 88.7 cm³/mol. The third-order valence-corrected chi connectivity index (χ3v) is 5.52. The molecule has 2 aliphatic carbocycles. The zero-order valence-corrected chi connectivity index (χ0v) is 13.6. The molecule has 3 aliphatic rings. The second kappa shape index (κ2) is 6.48. The van der Waals surface area contributed by atoms with Gasteiger partial charge in [0.2, 0.25) is 0 Å². The standard InChI is InChI=1S/C18H25N3O2/c22-18(21(15-3-1-4-15)16-5-2-6-16)14-11-17(13-19-12-14)20-7-9-23-10-8-20/h11-13,15-16H,1-10H2. The second-order valence-electron chi connectivity index (χ2n) is 6.91. The Kier molecular flexibility index (Phi) is 4.21. The number of pyridine rings is 1. The second-order valence-corrected chi connectivity index (χ2v) is 6.91. The molecule has 1 aliphatic heterocycles. The Morgan fingerprint density at radius 3 is 2.30 bits per heavy atom. The van der Waals surface area contributed by atoms with Crippen molar-refractivity contribution in [2.75, 3.05) is 31.2 Å². The molecular weight excluding hydrogens is 290 g/mol. The molecule has 2 heterocycles. The number of carbonyl (C=O) groups is 1. The van der Waals surface area contributed by atoms with E-state index in [1.54, 1.807) is 6.20 Å². The van der Waals surface area contributed by atoms with Crippen molar-refractivity contribution in [1.82, 2.24) is 9.88 Å². The Balaban J connectivity index is 1.54. The first-order chi connectivity index (χ1) is 11.3. The number of amides is 1. The van der Waals surface area contributed by atoms with Crippen LogP contribution in [0.25, 0.3) is 0 Å². The van der Waals surface area contributed by atoms with Gasteiger partial charge in [0.1, 0.15) is 0 Å². The lowest BCUT2D eigenvalue weighted by atomic mass is 9.84. The Morgan fingerprint density at radius 1 is 1.09 bits per heavy atom. The number of aromatic nitrogens is 1. The zero-order chi connectivity index (χ0) is 15.6. The van der Waals surface area contributed by atoms with Crippen LogP contribution in [0.4, 0.5) is 5.69 Å². The van der Waals surface area contributed by atoms with Crippen molar-refractivity contribution >= 4 is 11.6 Å². The molecule has 2 saturated carbocycles. The molecule has 0 aromatic carbocycles. The van der Waals surface area contributed by atoms with Gasteiger partial charge >= 0.3 is 0 Å². The monoisotopic (exact) mass is 315 g/mol. The summed E-state index contributed by atoms with van der Waals surface area (Å²) in [6, 6.07) is 2.94. The van der Waals surface area contributed by atoms with Crippen LogP contribution in [-0.4, -0.2) is 54.2 Å². The number of morpholine rings is 1. The van der Waals surface area contributed by atoms with Crippen molar-refractivity contribution < 1.29 is 9.53 Å². The Labute approximate surface area is 137 Å². The van der Waals surface area contributed by atoms with Gasteiger partial charge in [-0.3, -0.25) is 9.78 Å². The highest BCUT2D eigenvalue weighted by atomic mass is 16.5. The minimum Gasteiger partial charge on any atom is -0.378 e. The Bertz CT molecular complexity index is 549. The summed E-state index contributed by atoms with van der Waals surface area (Å²) in [6.07, 6.45) is 10.8. The summed E-state index contributed by atoms with van der Waals surface area (Å²) < 4.78 is 5.41. The number of anilines is 1. The molecule has 3 fully saturated rings. The molecule has 0 radical (unpaired) electrons. The SMILES string of the molecule is O=C(c1cncc(N2CCOCC2)c1)N(C1CCC1)C1CCC1. The molecule has 1 aromatic heterocycles. The molecule has 0 unspecified atom stereocenters. The van der Waals surface area contributed by atoms with Gasteiger partial charge < -0.3 is 14.5 Å². The van der Waals surface area contributed by atoms with E-state index in [0.29, 0.717) is 12.1 Å². The third kappa shape index (κ3) is 2.94. The molecule has 4 rings (SSSR count). The van der Waals surface area contributed by atoms with Gasteiger partial charge in [0.15, 0.2) is 0 Å². The van der Waals surface area contributed by atoms with Gasteiger partial charge in [0.05, 0.1) is 30.7 Å². The van der Waals surface area contributed by atoms with E-state index in [2.05, 4.69) is 14.8 Å². The fraction of sp³-hybridized carbons (Fsp3) is 0.667. The van der Waals surface area contributed by atoms with Crippen LogP contribution in [0.5, 0.6) is 0 Å². The van der Waals surface area contributed by atoms with Crippen LogP contribution >= 0.6 is 0 Å². The van der Waals surface area contributed by atoms with Gasteiger partial charge in [-0.05, 0) is 44.6 Å². The molecule has 0 spiro atoms. The molecule has 0 N–H and O–H groups in total. The highest BCUT2D eigenvalue weighted by Gasteiger charge is 2.37. The van der Waals surface area contributed by atoms with Crippen LogP contribution in [-0.2, 0) is 4.74 Å². The van der Waals surface area contributed by atoms with E-state index in [4.69, 9.17) is 4.74 Å². The summed E-state index contributed by atoms with van der Waals surface area (Å²) in [5.41, 5.74) is 1.79. The summed E-state index contributed by atoms with van der Waals surface area (Å²) in [5.74, 6) is 0.182. The predicted octanol–water partition coefficient (Wildman–Crippen LogP) is 2.47. The minimum absolute atomic E-state index is 0.182. The van der Waals surface area contributed by atoms with E-state index in [1.807, 2.05) is 12.3 Å². The highest BCUT2D eigenvalue weighted by molar-refractivity contribution is 5.95. The van der Waals surface area contributed by atoms with E-state index in [0.717, 1.165) is 37.6 Å². The van der Waals surface area contributed by atoms with E-state index < -0.39 is 0 Å². The lowest BCUT2D eigenvalue weighted by Gasteiger charge is -2.46. The zero-order valence-electron chi connectivity index (χ0n) is 13.6. The third-order valence-electron chi connectivity index (χ3n) is 5.52. The largest absolute Gasteiger partial charge is 0.378 e. The van der Waals surface area contributed by atoms with Gasteiger partial charge in [-0.25, -0.2) is 0 Å². The van der Waals surface area contributed by atoms with Crippen molar-refractivity contribution in [1.29, 1.82) is 0 Å². The number of nitrogens with zero attached hydrogens (tertiary/aromatic N) is 3. The van der Waals surface area contributed by atoms with Crippen LogP contribution in [0.1, 0.15) is 48.9 Å². The van der Waals surface area contributed by atoms with Gasteiger partial charge in [-0.1, -0.05) is 0 Å². The summed E-state index contributed by atoms with van der Waals surface area (Å²) >= 11 is 0. The molecule has 124 valence electrons. The fourth-order valence-corrected chi connectivity index (χ4v) is 3.65. The normalized spacial score (nSPS) is 22.3. The van der Waals surface area contributed by atoms with E-state index in [1.165, 1.54) is 38.5 Å². The van der Waals surface area contributed by atoms with Gasteiger partial charge in [-0.15, -0.1) is 0 Å². The van der Waals surface area contributed by atoms with Crippen molar-refractivity contribution in [3.63, 3.8) is 0 Å². The molecule has 5 heteroatoms. The molecule has 0 atom stereocenters. The first kappa shape index (κ1) is 14.9. The van der Waals surface area contributed by atoms with Crippen LogP contribution in [0.15, 0.2) is 18.5 Å². The maximum Gasteiger partial charge on any atom is 0.255 e. The van der Waals surface area contributed by atoms with E-state index in [-0.39, 0.29) is 5.91 Å². The van der Waals surface area contributed by atoms with E-state index >= 15 is 0 Å². The summed E-state index contributed by atoms with van der Waals surface area (Å²) in [4.78, 5) is 21.9. The Morgan fingerprint density at radius 2 is 1.74 bits per heavy atom. The molecule has 23 heavy (non-hydrogen) atoms. The average Bonchev–Trinajstić information content (AvgIpc) is 2.51. The number of ether oxygens (including phenoxy) is 1. The van der Waals surface area contributed by atoms with Crippen LogP contribution in [0, 0.1) is 0 Å². The maximum absolute atomic E-state index is 13.1. The van der Waals surface area contributed by atoms with Crippen molar-refractivity contribution in [3.05, 3.63) is 24.0 Å². The van der Waals surface area contributed by atoms with Crippen LogP contribution in [0.3, 0.4) is 0 Å². The summed E-state index contributed by atoms with van der Waals surface area (Å²) in [7, 11) is 0. The van der Waals surface area contributed by atoms with Gasteiger partial charge in [0, 0.05) is 31.4 Å². The lowest BCUT2D eigenvalue weighted by Crippen LogP contribution is -2.52. The maximum atomic E-state index is 13.1. The number of rotatable bonds is 4. The van der Waals surface area contributed by atoms with Crippen molar-refractivity contribution in [3.8, 4) is 0 Å². The molecule has 1 amide bonds. The summed E-state index contributed by atoms with van der Waals surface area (Å²) in [6.45, 7) is 3.23. The summed E-state index contributed by atoms with van der Waals surface area (Å²) in [5, 5.41) is 0. The average molecular weight is 315 g/mol. The Hall–Kier alpha value is -1.62. The van der Waals surface area contributed by atoms with Crippen LogP contribution < -0.4 is 4.90 Å². The minimum atomic E-state index is 0.182. The van der Waals surface area contributed by atoms with Crippen molar-refractivity contribution in [2.45, 2.75) is 50.6 Å². The number of hydrogen-bond donors (Lipinski definition) is 0. The lowest BCUT2D eigenvalue weighted by molar-refractivity contribution is 0.0285. The van der Waals surface area contributed by atoms with Gasteiger partial charge in [0.25, 0.3) is 5.91 Å². The van der Waals surface area contributed by atoms with Crippen LogP contribution in [0.2, 0.25) is 0 Å². The molecule has 0 bridgehead atoms. The first-order valence-electron chi connectivity index (χ1n) is 8.93. The molecule has 1 saturated heterocycles. The first-order valence-corrected chi connectivity index (χ1v) is 8.93. The van der Waals surface area contributed by atoms with E-state index in [9.17, 15) is 4.79 Å². The fourth-order valence-electron chi connectivity index (χ4n) is 3.65. The smallest absolute Gasteiger partial charge is 0.255 e. The molecule has 1 aromatic rings. The molecular formula is C18H25N3O2. The number of hydrogen-bond acceptors (Lipinski definition) is 4. The topological polar surface area (TPSA) is 45.7 Å². The van der Waals surface area contributed by atoms with Gasteiger partial charge in [-0.2, -0.15) is 0 Å². The van der Waals surface area contributed by atoms with Crippen molar-refractivity contribution in [2.24, 2.45) is 0 Å². The number of carbonyl (C=O) groups excluding carboxylic acids is 1. The highest BCUT2D eigenvalue weighted by Crippen LogP contribution is 2.35. The molecule has 5 nitrogen and oxygen atoms in total. The quantitative estimate of drug-likeness (QED) is 0.856.